The van der Waals surface area contributed by atoms with E-state index in [1.807, 2.05) is 44.2 Å². The Kier molecular flexibility index (Phi) is 6.37. The lowest BCUT2D eigenvalue weighted by molar-refractivity contribution is 0.0487. The van der Waals surface area contributed by atoms with Gasteiger partial charge >= 0.3 is 0 Å². The number of carbonyl (C=O) groups is 1. The van der Waals surface area contributed by atoms with Gasteiger partial charge < -0.3 is 14.7 Å². The lowest BCUT2D eigenvalue weighted by Gasteiger charge is -2.29. The minimum absolute atomic E-state index is 0.145. The van der Waals surface area contributed by atoms with E-state index in [9.17, 15) is 9.90 Å². The number of nitrogens with zero attached hydrogens (tertiary/aromatic N) is 1. The third-order valence-electron chi connectivity index (χ3n) is 4.12. The van der Waals surface area contributed by atoms with Gasteiger partial charge in [-0.25, -0.2) is 0 Å². The van der Waals surface area contributed by atoms with Gasteiger partial charge in [0.1, 0.15) is 12.4 Å². The van der Waals surface area contributed by atoms with Crippen LogP contribution in [0.15, 0.2) is 66.7 Å². The van der Waals surface area contributed by atoms with Crippen LogP contribution in [0.25, 0.3) is 0 Å². The first-order valence-corrected chi connectivity index (χ1v) is 8.27. The average Bonchev–Trinajstić information content (AvgIpc) is 2.65. The number of benzene rings is 2. The summed E-state index contributed by atoms with van der Waals surface area (Å²) in [4.78, 5) is 14.2. The van der Waals surface area contributed by atoms with Crippen molar-refractivity contribution in [3.05, 3.63) is 77.9 Å². The number of amides is 1. The fourth-order valence-electron chi connectivity index (χ4n) is 2.43. The zero-order valence-corrected chi connectivity index (χ0v) is 15.0. The van der Waals surface area contributed by atoms with Crippen molar-refractivity contribution in [1.82, 2.24) is 4.90 Å². The Balaban J connectivity index is 2.04. The van der Waals surface area contributed by atoms with Crippen LogP contribution in [-0.2, 0) is 0 Å². The Labute approximate surface area is 149 Å². The smallest absolute Gasteiger partial charge is 0.253 e. The molecule has 1 N–H and O–H groups in total. The lowest BCUT2D eigenvalue weighted by Crippen LogP contribution is -2.39. The van der Waals surface area contributed by atoms with E-state index in [0.717, 1.165) is 11.1 Å². The molecular weight excluding hydrogens is 314 g/mol. The Bertz CT molecular complexity index is 710. The molecule has 0 radical (unpaired) electrons. The summed E-state index contributed by atoms with van der Waals surface area (Å²) in [6.07, 6.45) is -0.742. The summed E-state index contributed by atoms with van der Waals surface area (Å²) in [5, 5.41) is 10.5. The van der Waals surface area contributed by atoms with E-state index in [-0.39, 0.29) is 11.9 Å². The van der Waals surface area contributed by atoms with Crippen LogP contribution >= 0.6 is 0 Å². The van der Waals surface area contributed by atoms with Crippen molar-refractivity contribution in [2.75, 3.05) is 13.7 Å². The van der Waals surface area contributed by atoms with Crippen LogP contribution in [0.1, 0.15) is 35.9 Å². The molecule has 0 aliphatic heterocycles. The summed E-state index contributed by atoms with van der Waals surface area (Å²) >= 11 is 0. The fourth-order valence-corrected chi connectivity index (χ4v) is 2.43. The topological polar surface area (TPSA) is 49.8 Å². The van der Waals surface area contributed by atoms with Gasteiger partial charge in [-0.1, -0.05) is 36.9 Å². The van der Waals surface area contributed by atoms with Crippen molar-refractivity contribution in [2.24, 2.45) is 0 Å². The summed E-state index contributed by atoms with van der Waals surface area (Å²) in [7, 11) is 1.70. The monoisotopic (exact) mass is 339 g/mol. The SMILES string of the molecule is C=C(C)COc1ccc(C(=O)N(C)C(C)C(O)c2ccccc2)cc1. The molecular formula is C21H25NO3. The van der Waals surface area contributed by atoms with Crippen molar-refractivity contribution in [2.45, 2.75) is 26.0 Å². The second-order valence-corrected chi connectivity index (χ2v) is 6.28. The van der Waals surface area contributed by atoms with E-state index >= 15 is 0 Å². The Morgan fingerprint density at radius 1 is 1.16 bits per heavy atom. The molecule has 132 valence electrons. The molecule has 0 fully saturated rings. The molecule has 2 atom stereocenters. The molecule has 1 amide bonds. The van der Waals surface area contributed by atoms with E-state index in [1.165, 1.54) is 0 Å². The second kappa shape index (κ2) is 8.49. The zero-order valence-electron chi connectivity index (χ0n) is 15.0. The Hall–Kier alpha value is -2.59. The van der Waals surface area contributed by atoms with Gasteiger partial charge in [-0.2, -0.15) is 0 Å². The van der Waals surface area contributed by atoms with Gasteiger partial charge in [0.25, 0.3) is 5.91 Å². The predicted octanol–water partition coefficient (Wildman–Crippen LogP) is 3.84. The quantitative estimate of drug-likeness (QED) is 0.780. The van der Waals surface area contributed by atoms with E-state index in [0.29, 0.717) is 17.9 Å². The number of carbonyl (C=O) groups excluding carboxylic acids is 1. The van der Waals surface area contributed by atoms with Crippen molar-refractivity contribution >= 4 is 5.91 Å². The molecule has 0 saturated heterocycles. The number of ether oxygens (including phenoxy) is 1. The molecule has 2 aromatic rings. The first-order valence-electron chi connectivity index (χ1n) is 8.27. The number of hydrogen-bond donors (Lipinski definition) is 1. The largest absolute Gasteiger partial charge is 0.489 e. The Morgan fingerprint density at radius 2 is 1.76 bits per heavy atom. The van der Waals surface area contributed by atoms with Gasteiger partial charge in [0.2, 0.25) is 0 Å². The number of rotatable bonds is 7. The molecule has 0 spiro atoms. The van der Waals surface area contributed by atoms with Gasteiger partial charge in [-0.3, -0.25) is 4.79 Å². The predicted molar refractivity (Wildman–Crippen MR) is 99.7 cm³/mol. The summed E-state index contributed by atoms with van der Waals surface area (Å²) in [5.74, 6) is 0.550. The molecule has 2 aromatic carbocycles. The summed E-state index contributed by atoms with van der Waals surface area (Å²) in [6, 6.07) is 16.0. The normalized spacial score (nSPS) is 13.0. The minimum Gasteiger partial charge on any atom is -0.489 e. The molecule has 2 rings (SSSR count). The van der Waals surface area contributed by atoms with E-state index in [1.54, 1.807) is 36.2 Å². The van der Waals surface area contributed by atoms with Crippen LogP contribution in [0.5, 0.6) is 5.75 Å². The molecule has 25 heavy (non-hydrogen) atoms. The molecule has 2 unspecified atom stereocenters. The number of aliphatic hydroxyl groups is 1. The maximum atomic E-state index is 12.7. The molecule has 0 aliphatic carbocycles. The molecule has 0 saturated carbocycles. The minimum atomic E-state index is -0.742. The van der Waals surface area contributed by atoms with Crippen molar-refractivity contribution in [3.8, 4) is 5.75 Å². The highest BCUT2D eigenvalue weighted by Crippen LogP contribution is 2.22. The third-order valence-corrected chi connectivity index (χ3v) is 4.12. The average molecular weight is 339 g/mol. The maximum Gasteiger partial charge on any atom is 0.253 e. The standard InChI is InChI=1S/C21H25NO3/c1-15(2)14-25-19-12-10-18(11-13-19)21(24)22(4)16(3)20(23)17-8-6-5-7-9-17/h5-13,16,20,23H,1,14H2,2-4H3. The fraction of sp³-hybridized carbons (Fsp3) is 0.286. The van der Waals surface area contributed by atoms with Crippen molar-refractivity contribution in [3.63, 3.8) is 0 Å². The van der Waals surface area contributed by atoms with Crippen LogP contribution in [0.2, 0.25) is 0 Å². The summed E-state index contributed by atoms with van der Waals surface area (Å²) in [5.41, 5.74) is 2.28. The number of hydrogen-bond acceptors (Lipinski definition) is 3. The molecule has 0 aliphatic rings. The maximum absolute atomic E-state index is 12.7. The molecule has 0 aromatic heterocycles. The lowest BCUT2D eigenvalue weighted by atomic mass is 10.0. The third kappa shape index (κ3) is 4.94. The first-order chi connectivity index (χ1) is 11.9. The molecule has 4 heteroatoms. The van der Waals surface area contributed by atoms with E-state index in [4.69, 9.17) is 4.74 Å². The number of likely N-dealkylation sites (N-methyl/N-ethyl adjacent to an activating group) is 1. The number of aliphatic hydroxyl groups excluding tert-OH is 1. The second-order valence-electron chi connectivity index (χ2n) is 6.28. The highest BCUT2D eigenvalue weighted by Gasteiger charge is 2.24. The highest BCUT2D eigenvalue weighted by atomic mass is 16.5. The summed E-state index contributed by atoms with van der Waals surface area (Å²) in [6.45, 7) is 7.97. The molecule has 0 heterocycles. The molecule has 0 bridgehead atoms. The summed E-state index contributed by atoms with van der Waals surface area (Å²) < 4.78 is 5.54. The molecule has 4 nitrogen and oxygen atoms in total. The van der Waals surface area contributed by atoms with Gasteiger partial charge in [0, 0.05) is 12.6 Å². The first kappa shape index (κ1) is 18.7. The van der Waals surface area contributed by atoms with Crippen molar-refractivity contribution in [1.29, 1.82) is 0 Å². The van der Waals surface area contributed by atoms with Gasteiger partial charge in [-0.05, 0) is 49.2 Å². The zero-order chi connectivity index (χ0) is 18.4. The van der Waals surface area contributed by atoms with Crippen LogP contribution in [0.4, 0.5) is 0 Å². The van der Waals surface area contributed by atoms with Gasteiger partial charge in [-0.15, -0.1) is 0 Å². The van der Waals surface area contributed by atoms with Crippen molar-refractivity contribution < 1.29 is 14.6 Å². The Morgan fingerprint density at radius 3 is 2.32 bits per heavy atom. The van der Waals surface area contributed by atoms with Crippen LogP contribution in [0.3, 0.4) is 0 Å². The van der Waals surface area contributed by atoms with E-state index in [2.05, 4.69) is 6.58 Å². The van der Waals surface area contributed by atoms with Gasteiger partial charge in [0.05, 0.1) is 12.1 Å². The van der Waals surface area contributed by atoms with Crippen LogP contribution in [0, 0.1) is 0 Å². The van der Waals surface area contributed by atoms with Crippen LogP contribution in [-0.4, -0.2) is 35.6 Å². The highest BCUT2D eigenvalue weighted by molar-refractivity contribution is 5.94. The van der Waals surface area contributed by atoms with Crippen LogP contribution < -0.4 is 4.74 Å². The van der Waals surface area contributed by atoms with Gasteiger partial charge in [0.15, 0.2) is 0 Å². The van der Waals surface area contributed by atoms with E-state index < -0.39 is 6.10 Å².